The SMILES string of the molecule is CC(C)C(C(=O)N(C)CCCc1cc(-c2ccc(F)cc2)n[nH]1)N1C(=O)c2ccccc2C1=O. The zero-order chi connectivity index (χ0) is 24.4. The van der Waals surface area contributed by atoms with E-state index in [0.717, 1.165) is 21.9 Å². The number of hydrogen-bond acceptors (Lipinski definition) is 4. The fraction of sp³-hybridized carbons (Fsp3) is 0.308. The van der Waals surface area contributed by atoms with Crippen molar-refractivity contribution in [3.05, 3.63) is 77.2 Å². The lowest BCUT2D eigenvalue weighted by atomic mass is 10.0. The largest absolute Gasteiger partial charge is 0.344 e. The van der Waals surface area contributed by atoms with Gasteiger partial charge in [0.15, 0.2) is 0 Å². The number of carbonyl (C=O) groups excluding carboxylic acids is 3. The molecule has 0 aliphatic carbocycles. The summed E-state index contributed by atoms with van der Waals surface area (Å²) in [7, 11) is 1.69. The number of nitrogens with zero attached hydrogens (tertiary/aromatic N) is 3. The van der Waals surface area contributed by atoms with E-state index in [-0.39, 0.29) is 17.6 Å². The van der Waals surface area contributed by atoms with E-state index in [0.29, 0.717) is 30.5 Å². The van der Waals surface area contributed by atoms with Gasteiger partial charge in [-0.3, -0.25) is 24.4 Å². The number of halogens is 1. The number of amides is 3. The lowest BCUT2D eigenvalue weighted by Crippen LogP contribution is -2.52. The number of fused-ring (bicyclic) bond motifs is 1. The summed E-state index contributed by atoms with van der Waals surface area (Å²) >= 11 is 0. The third-order valence-electron chi connectivity index (χ3n) is 6.07. The minimum Gasteiger partial charge on any atom is -0.344 e. The molecule has 4 rings (SSSR count). The maximum atomic E-state index is 13.3. The van der Waals surface area contributed by atoms with Crippen LogP contribution in [-0.2, 0) is 11.2 Å². The Hall–Kier alpha value is -3.81. The van der Waals surface area contributed by atoms with Crippen molar-refractivity contribution >= 4 is 17.7 Å². The van der Waals surface area contributed by atoms with E-state index in [1.165, 1.54) is 12.1 Å². The molecule has 1 aromatic heterocycles. The number of carbonyl (C=O) groups is 3. The van der Waals surface area contributed by atoms with Gasteiger partial charge < -0.3 is 4.90 Å². The maximum absolute atomic E-state index is 13.3. The molecule has 2 heterocycles. The minimum atomic E-state index is -0.866. The molecule has 0 spiro atoms. The zero-order valence-corrected chi connectivity index (χ0v) is 19.4. The fourth-order valence-electron chi connectivity index (χ4n) is 4.26. The highest BCUT2D eigenvalue weighted by Crippen LogP contribution is 2.28. The van der Waals surface area contributed by atoms with Gasteiger partial charge in [-0.25, -0.2) is 4.39 Å². The first kappa shape index (κ1) is 23.4. The number of benzene rings is 2. The first-order chi connectivity index (χ1) is 16.3. The highest BCUT2D eigenvalue weighted by molar-refractivity contribution is 6.22. The van der Waals surface area contributed by atoms with Crippen molar-refractivity contribution in [1.82, 2.24) is 20.0 Å². The van der Waals surface area contributed by atoms with Crippen molar-refractivity contribution in [1.29, 1.82) is 0 Å². The monoisotopic (exact) mass is 462 g/mol. The van der Waals surface area contributed by atoms with Gasteiger partial charge in [0, 0.05) is 24.8 Å². The Balaban J connectivity index is 1.38. The van der Waals surface area contributed by atoms with E-state index >= 15 is 0 Å². The highest BCUT2D eigenvalue weighted by atomic mass is 19.1. The first-order valence-corrected chi connectivity index (χ1v) is 11.3. The number of nitrogens with one attached hydrogen (secondary N) is 1. The van der Waals surface area contributed by atoms with Crippen LogP contribution in [0.15, 0.2) is 54.6 Å². The fourth-order valence-corrected chi connectivity index (χ4v) is 4.26. The molecule has 3 amide bonds. The molecular formula is C26H27FN4O3. The number of aromatic nitrogens is 2. The molecule has 7 nitrogen and oxygen atoms in total. The first-order valence-electron chi connectivity index (χ1n) is 11.3. The van der Waals surface area contributed by atoms with Gasteiger partial charge in [0.25, 0.3) is 11.8 Å². The lowest BCUT2D eigenvalue weighted by molar-refractivity contribution is -0.135. The van der Waals surface area contributed by atoms with E-state index < -0.39 is 17.9 Å². The molecule has 1 atom stereocenters. The summed E-state index contributed by atoms with van der Waals surface area (Å²) in [6.07, 6.45) is 1.32. The van der Waals surface area contributed by atoms with Crippen LogP contribution in [0.1, 0.15) is 46.7 Å². The van der Waals surface area contributed by atoms with Crippen LogP contribution >= 0.6 is 0 Å². The average molecular weight is 463 g/mol. The molecular weight excluding hydrogens is 435 g/mol. The number of hydrogen-bond donors (Lipinski definition) is 1. The van der Waals surface area contributed by atoms with E-state index in [2.05, 4.69) is 10.2 Å². The van der Waals surface area contributed by atoms with Gasteiger partial charge in [-0.1, -0.05) is 26.0 Å². The second kappa shape index (κ2) is 9.59. The molecule has 0 radical (unpaired) electrons. The molecule has 8 heteroatoms. The highest BCUT2D eigenvalue weighted by Gasteiger charge is 2.44. The number of imide groups is 1. The summed E-state index contributed by atoms with van der Waals surface area (Å²) in [6, 6.07) is 13.8. The molecule has 1 N–H and O–H groups in total. The Labute approximate surface area is 197 Å². The molecule has 34 heavy (non-hydrogen) atoms. The van der Waals surface area contributed by atoms with Crippen molar-refractivity contribution in [3.63, 3.8) is 0 Å². The van der Waals surface area contributed by atoms with Crippen LogP contribution in [0.4, 0.5) is 4.39 Å². The zero-order valence-electron chi connectivity index (χ0n) is 19.4. The van der Waals surface area contributed by atoms with E-state index in [9.17, 15) is 18.8 Å². The molecule has 0 saturated heterocycles. The van der Waals surface area contributed by atoms with Gasteiger partial charge in [-0.2, -0.15) is 5.10 Å². The molecule has 1 aliphatic rings. The van der Waals surface area contributed by atoms with Gasteiger partial charge in [0.05, 0.1) is 16.8 Å². The van der Waals surface area contributed by atoms with Crippen LogP contribution in [0.5, 0.6) is 0 Å². The van der Waals surface area contributed by atoms with Crippen LogP contribution in [-0.4, -0.2) is 57.4 Å². The van der Waals surface area contributed by atoms with Crippen molar-refractivity contribution in [2.75, 3.05) is 13.6 Å². The predicted molar refractivity (Wildman–Crippen MR) is 126 cm³/mol. The maximum Gasteiger partial charge on any atom is 0.262 e. The molecule has 2 aromatic carbocycles. The molecule has 0 bridgehead atoms. The molecule has 0 fully saturated rings. The molecule has 0 saturated carbocycles. The van der Waals surface area contributed by atoms with E-state index in [1.54, 1.807) is 48.3 Å². The number of aryl methyl sites for hydroxylation is 1. The van der Waals surface area contributed by atoms with Crippen molar-refractivity contribution in [2.24, 2.45) is 5.92 Å². The molecule has 1 unspecified atom stereocenters. The third kappa shape index (κ3) is 4.48. The Bertz CT molecular complexity index is 1180. The Morgan fingerprint density at radius 3 is 2.26 bits per heavy atom. The number of aromatic amines is 1. The van der Waals surface area contributed by atoms with Crippen LogP contribution < -0.4 is 0 Å². The standard InChI is InChI=1S/C26H27FN4O3/c1-16(2)23(31-24(32)20-8-4-5-9-21(20)25(31)33)26(34)30(3)14-6-7-19-15-22(29-28-19)17-10-12-18(27)13-11-17/h4-5,8-13,15-16,23H,6-7,14H2,1-3H3,(H,28,29). The quantitative estimate of drug-likeness (QED) is 0.514. The van der Waals surface area contributed by atoms with E-state index in [1.807, 2.05) is 19.9 Å². The van der Waals surface area contributed by atoms with Crippen LogP contribution in [0.3, 0.4) is 0 Å². The number of H-pyrrole nitrogens is 1. The normalized spacial score (nSPS) is 14.0. The Kier molecular flexibility index (Phi) is 6.58. The summed E-state index contributed by atoms with van der Waals surface area (Å²) in [4.78, 5) is 41.8. The Morgan fingerprint density at radius 2 is 1.68 bits per heavy atom. The minimum absolute atomic E-state index is 0.233. The number of rotatable bonds is 8. The van der Waals surface area contributed by atoms with Gasteiger partial charge in [0.1, 0.15) is 11.9 Å². The van der Waals surface area contributed by atoms with Crippen molar-refractivity contribution < 1.29 is 18.8 Å². The summed E-state index contributed by atoms with van der Waals surface area (Å²) in [6.45, 7) is 4.12. The Morgan fingerprint density at radius 1 is 1.06 bits per heavy atom. The topological polar surface area (TPSA) is 86.4 Å². The predicted octanol–water partition coefficient (Wildman–Crippen LogP) is 3.93. The van der Waals surface area contributed by atoms with Gasteiger partial charge in [0.2, 0.25) is 5.91 Å². The summed E-state index contributed by atoms with van der Waals surface area (Å²) in [5.74, 6) is -1.64. The second-order valence-corrected chi connectivity index (χ2v) is 8.86. The summed E-state index contributed by atoms with van der Waals surface area (Å²) in [5.41, 5.74) is 3.12. The van der Waals surface area contributed by atoms with Crippen LogP contribution in [0.2, 0.25) is 0 Å². The van der Waals surface area contributed by atoms with Crippen molar-refractivity contribution in [2.45, 2.75) is 32.7 Å². The van der Waals surface area contributed by atoms with E-state index in [4.69, 9.17) is 0 Å². The van der Waals surface area contributed by atoms with Crippen LogP contribution in [0, 0.1) is 11.7 Å². The van der Waals surface area contributed by atoms with Gasteiger partial charge in [-0.05, 0) is 61.2 Å². The van der Waals surface area contributed by atoms with Gasteiger partial charge in [-0.15, -0.1) is 0 Å². The second-order valence-electron chi connectivity index (χ2n) is 8.86. The summed E-state index contributed by atoms with van der Waals surface area (Å²) in [5, 5.41) is 7.26. The average Bonchev–Trinajstić information content (AvgIpc) is 3.38. The third-order valence-corrected chi connectivity index (χ3v) is 6.07. The smallest absolute Gasteiger partial charge is 0.262 e. The van der Waals surface area contributed by atoms with Gasteiger partial charge >= 0.3 is 0 Å². The van der Waals surface area contributed by atoms with Crippen molar-refractivity contribution in [3.8, 4) is 11.3 Å². The summed E-state index contributed by atoms with van der Waals surface area (Å²) < 4.78 is 13.1. The van der Waals surface area contributed by atoms with Crippen LogP contribution in [0.25, 0.3) is 11.3 Å². The molecule has 3 aromatic rings. The molecule has 176 valence electrons. The lowest BCUT2D eigenvalue weighted by Gasteiger charge is -2.32. The molecule has 1 aliphatic heterocycles. The number of likely N-dealkylation sites (N-methyl/N-ethyl adjacent to an activating group) is 1.